The van der Waals surface area contributed by atoms with Gasteiger partial charge in [-0.2, -0.15) is 0 Å². The molecule has 2 aliphatic rings. The second-order valence-corrected chi connectivity index (χ2v) is 8.38. The van der Waals surface area contributed by atoms with Gasteiger partial charge in [0.1, 0.15) is 11.7 Å². The number of amides is 1. The largest absolute Gasteiger partial charge is 0.478 e. The number of ether oxygens (including phenoxy) is 1. The molecule has 172 valence electrons. The summed E-state index contributed by atoms with van der Waals surface area (Å²) in [5, 5.41) is 21.6. The lowest BCUT2D eigenvalue weighted by Gasteiger charge is -2.37. The zero-order chi connectivity index (χ0) is 23.5. The van der Waals surface area contributed by atoms with Gasteiger partial charge in [-0.25, -0.2) is 4.79 Å². The molecule has 2 heterocycles. The third kappa shape index (κ3) is 4.99. The van der Waals surface area contributed by atoms with E-state index in [1.54, 1.807) is 41.6 Å². The third-order valence-corrected chi connectivity index (χ3v) is 6.03. The van der Waals surface area contributed by atoms with Crippen LogP contribution in [0.25, 0.3) is 0 Å². The van der Waals surface area contributed by atoms with Gasteiger partial charge in [-0.05, 0) is 42.7 Å². The number of nitro benzene ring substituents is 1. The summed E-state index contributed by atoms with van der Waals surface area (Å²) in [5.74, 6) is -1.49. The summed E-state index contributed by atoms with van der Waals surface area (Å²) in [6.45, 7) is 1.07. The normalized spacial score (nSPS) is 20.3. The fourth-order valence-electron chi connectivity index (χ4n) is 4.10. The summed E-state index contributed by atoms with van der Waals surface area (Å²) in [6.07, 6.45) is 5.26. The van der Waals surface area contributed by atoms with Gasteiger partial charge < -0.3 is 19.6 Å². The van der Waals surface area contributed by atoms with Crippen LogP contribution in [-0.4, -0.2) is 52.1 Å². The maximum Gasteiger partial charge on any atom is 0.335 e. The molecule has 9 nitrogen and oxygen atoms in total. The van der Waals surface area contributed by atoms with Crippen LogP contribution >= 0.6 is 11.6 Å². The van der Waals surface area contributed by atoms with E-state index in [4.69, 9.17) is 16.3 Å². The number of anilines is 1. The van der Waals surface area contributed by atoms with E-state index in [0.29, 0.717) is 18.2 Å². The fraction of sp³-hybridized carbons (Fsp3) is 0.304. The highest BCUT2D eigenvalue weighted by Gasteiger charge is 2.36. The van der Waals surface area contributed by atoms with E-state index in [1.165, 1.54) is 17.0 Å². The van der Waals surface area contributed by atoms with Crippen LogP contribution in [0, 0.1) is 10.1 Å². The summed E-state index contributed by atoms with van der Waals surface area (Å²) in [4.78, 5) is 39.1. The molecule has 1 unspecified atom stereocenters. The van der Waals surface area contributed by atoms with Crippen molar-refractivity contribution >= 4 is 34.9 Å². The lowest BCUT2D eigenvalue weighted by Crippen LogP contribution is -2.51. The zero-order valence-corrected chi connectivity index (χ0v) is 18.4. The summed E-state index contributed by atoms with van der Waals surface area (Å²) >= 11 is 5.99. The number of carboxylic acids is 1. The Morgan fingerprint density at radius 2 is 1.97 bits per heavy atom. The van der Waals surface area contributed by atoms with Crippen molar-refractivity contribution in [3.05, 3.63) is 81.1 Å². The molecular weight excluding hydrogens is 450 g/mol. The quantitative estimate of drug-likeness (QED) is 0.481. The maximum absolute atomic E-state index is 13.5. The van der Waals surface area contributed by atoms with E-state index in [-0.39, 0.29) is 35.4 Å². The van der Waals surface area contributed by atoms with E-state index in [9.17, 15) is 24.8 Å². The van der Waals surface area contributed by atoms with Crippen molar-refractivity contribution in [1.29, 1.82) is 0 Å². The Kier molecular flexibility index (Phi) is 6.62. The van der Waals surface area contributed by atoms with E-state index >= 15 is 0 Å². The topological polar surface area (TPSA) is 113 Å². The lowest BCUT2D eigenvalue weighted by atomic mass is 10.0. The number of halogens is 1. The molecule has 0 spiro atoms. The third-order valence-electron chi connectivity index (χ3n) is 5.77. The van der Waals surface area contributed by atoms with Crippen molar-refractivity contribution in [3.8, 4) is 0 Å². The number of carbonyl (C=O) groups is 2. The van der Waals surface area contributed by atoms with Crippen LogP contribution in [0.15, 0.2) is 54.9 Å². The first-order chi connectivity index (χ1) is 15.8. The van der Waals surface area contributed by atoms with E-state index in [1.807, 2.05) is 0 Å². The molecule has 1 N–H and O–H groups in total. The van der Waals surface area contributed by atoms with Gasteiger partial charge in [0.2, 0.25) is 5.91 Å². The molecule has 2 aromatic rings. The van der Waals surface area contributed by atoms with Gasteiger partial charge in [0.15, 0.2) is 0 Å². The Bertz CT molecular complexity index is 1100. The minimum Gasteiger partial charge on any atom is -0.478 e. The van der Waals surface area contributed by atoms with Crippen molar-refractivity contribution in [2.75, 3.05) is 18.1 Å². The molecule has 10 heteroatoms. The number of nitro groups is 1. The second-order valence-electron chi connectivity index (χ2n) is 7.94. The highest BCUT2D eigenvalue weighted by molar-refractivity contribution is 6.30. The number of hydrogen-bond donors (Lipinski definition) is 1. The number of carbonyl (C=O) groups excluding carboxylic acids is 1. The van der Waals surface area contributed by atoms with Crippen molar-refractivity contribution in [2.24, 2.45) is 0 Å². The SMILES string of the molecule is O=C(O)c1ccc(N2C=CN(CC3CCCO3)C(=O)[C@@H]2Cc2ccc(Cl)cc2)c([N+](=O)[O-])c1. The zero-order valence-electron chi connectivity index (χ0n) is 17.6. The Labute approximate surface area is 195 Å². The molecule has 1 saturated heterocycles. The molecule has 0 aliphatic carbocycles. The molecule has 0 aromatic heterocycles. The minimum atomic E-state index is -1.27. The predicted molar refractivity (Wildman–Crippen MR) is 121 cm³/mol. The Morgan fingerprint density at radius 1 is 1.21 bits per heavy atom. The first-order valence-electron chi connectivity index (χ1n) is 10.5. The van der Waals surface area contributed by atoms with E-state index in [2.05, 4.69) is 0 Å². The Balaban J connectivity index is 1.72. The predicted octanol–water partition coefficient (Wildman–Crippen LogP) is 3.86. The summed E-state index contributed by atoms with van der Waals surface area (Å²) in [7, 11) is 0. The maximum atomic E-state index is 13.5. The van der Waals surface area contributed by atoms with Crippen LogP contribution in [0.3, 0.4) is 0 Å². The van der Waals surface area contributed by atoms with Gasteiger partial charge in [0, 0.05) is 36.5 Å². The van der Waals surface area contributed by atoms with Gasteiger partial charge >= 0.3 is 5.97 Å². The minimum absolute atomic E-state index is 0.0504. The number of carboxylic acid groups (broad SMARTS) is 1. The van der Waals surface area contributed by atoms with Gasteiger partial charge in [-0.3, -0.25) is 14.9 Å². The van der Waals surface area contributed by atoms with Crippen LogP contribution in [0.5, 0.6) is 0 Å². The first kappa shape index (κ1) is 22.8. The van der Waals surface area contributed by atoms with Crippen molar-refractivity contribution < 1.29 is 24.4 Å². The van der Waals surface area contributed by atoms with Crippen LogP contribution < -0.4 is 4.90 Å². The highest BCUT2D eigenvalue weighted by Crippen LogP contribution is 2.34. The van der Waals surface area contributed by atoms with E-state index < -0.39 is 16.9 Å². The van der Waals surface area contributed by atoms with Gasteiger partial charge in [0.05, 0.1) is 23.1 Å². The van der Waals surface area contributed by atoms with Gasteiger partial charge in [-0.15, -0.1) is 0 Å². The number of rotatable bonds is 7. The molecular formula is C23H22ClN3O6. The summed E-state index contributed by atoms with van der Waals surface area (Å²) in [5.41, 5.74) is 0.387. The fourth-order valence-corrected chi connectivity index (χ4v) is 4.22. The molecule has 2 aliphatic heterocycles. The summed E-state index contributed by atoms with van der Waals surface area (Å²) < 4.78 is 5.67. The smallest absolute Gasteiger partial charge is 0.335 e. The molecule has 33 heavy (non-hydrogen) atoms. The molecule has 1 fully saturated rings. The Morgan fingerprint density at radius 3 is 2.61 bits per heavy atom. The number of benzene rings is 2. The molecule has 0 saturated carbocycles. The van der Waals surface area contributed by atoms with Gasteiger partial charge in [0.25, 0.3) is 5.69 Å². The average Bonchev–Trinajstić information content (AvgIpc) is 3.31. The number of nitrogens with zero attached hydrogens (tertiary/aromatic N) is 3. The first-order valence-corrected chi connectivity index (χ1v) is 10.9. The highest BCUT2D eigenvalue weighted by atomic mass is 35.5. The van der Waals surface area contributed by atoms with Gasteiger partial charge in [-0.1, -0.05) is 23.7 Å². The van der Waals surface area contributed by atoms with Crippen molar-refractivity contribution in [1.82, 2.24) is 4.90 Å². The van der Waals surface area contributed by atoms with Crippen molar-refractivity contribution in [2.45, 2.75) is 31.4 Å². The van der Waals surface area contributed by atoms with Crippen LogP contribution in [0.2, 0.25) is 5.02 Å². The molecule has 0 radical (unpaired) electrons. The molecule has 1 amide bonds. The molecule has 4 rings (SSSR count). The van der Waals surface area contributed by atoms with Crippen LogP contribution in [-0.2, 0) is 16.0 Å². The standard InChI is InChI=1S/C23H22ClN3O6/c24-17-6-3-15(4-7-17)12-21-22(28)25(14-18-2-1-11-33-18)9-10-26(21)19-8-5-16(23(29)30)13-20(19)27(31)32/h3-10,13,18,21H,1-2,11-12,14H2,(H,29,30)/t18?,21-/m0/s1. The van der Waals surface area contributed by atoms with Crippen LogP contribution in [0.4, 0.5) is 11.4 Å². The molecule has 2 aromatic carbocycles. The van der Waals surface area contributed by atoms with Crippen molar-refractivity contribution in [3.63, 3.8) is 0 Å². The number of aromatic carboxylic acids is 1. The average molecular weight is 472 g/mol. The lowest BCUT2D eigenvalue weighted by molar-refractivity contribution is -0.384. The Hall–Kier alpha value is -3.43. The van der Waals surface area contributed by atoms with Crippen LogP contribution in [0.1, 0.15) is 28.8 Å². The van der Waals surface area contributed by atoms with E-state index in [0.717, 1.165) is 24.5 Å². The monoisotopic (exact) mass is 471 g/mol. The summed E-state index contributed by atoms with van der Waals surface area (Å²) in [6, 6.07) is 9.94. The molecule has 0 bridgehead atoms. The number of hydrogen-bond acceptors (Lipinski definition) is 6. The molecule has 2 atom stereocenters. The second kappa shape index (κ2) is 9.60.